The molecule has 2 aromatic rings. The van der Waals surface area contributed by atoms with Crippen LogP contribution in [0.4, 0.5) is 4.39 Å². The van der Waals surface area contributed by atoms with Gasteiger partial charge in [-0.3, -0.25) is 4.79 Å². The van der Waals surface area contributed by atoms with Crippen molar-refractivity contribution in [2.24, 2.45) is 0 Å². The molecule has 2 rings (SSSR count). The highest BCUT2D eigenvalue weighted by Gasteiger charge is 2.10. The third kappa shape index (κ3) is 2.87. The average molecular weight is 265 g/mol. The van der Waals surface area contributed by atoms with Crippen LogP contribution in [0, 0.1) is 5.82 Å². The van der Waals surface area contributed by atoms with Crippen LogP contribution in [0.25, 0.3) is 0 Å². The van der Waals surface area contributed by atoms with Crippen LogP contribution in [-0.2, 0) is 6.61 Å². The van der Waals surface area contributed by atoms with E-state index in [1.807, 2.05) is 30.3 Å². The predicted molar refractivity (Wildman–Crippen MR) is 67.6 cm³/mol. The molecule has 4 heteroatoms. The Labute approximate surface area is 109 Å². The summed E-state index contributed by atoms with van der Waals surface area (Å²) in [6.07, 6.45) is 0.598. The van der Waals surface area contributed by atoms with E-state index in [1.165, 1.54) is 12.1 Å². The largest absolute Gasteiger partial charge is 0.486 e. The Morgan fingerprint density at radius 3 is 2.61 bits per heavy atom. The van der Waals surface area contributed by atoms with E-state index in [1.54, 1.807) is 0 Å². The molecule has 18 heavy (non-hydrogen) atoms. The number of halogens is 2. The fourth-order valence-electron chi connectivity index (χ4n) is 1.49. The molecular weight excluding hydrogens is 255 g/mol. The first-order valence-corrected chi connectivity index (χ1v) is 5.69. The first kappa shape index (κ1) is 12.6. The lowest BCUT2D eigenvalue weighted by atomic mass is 10.2. The van der Waals surface area contributed by atoms with E-state index in [4.69, 9.17) is 16.3 Å². The molecule has 0 aliphatic carbocycles. The normalized spacial score (nSPS) is 10.1. The van der Waals surface area contributed by atoms with Gasteiger partial charge >= 0.3 is 0 Å². The van der Waals surface area contributed by atoms with E-state index >= 15 is 0 Å². The second kappa shape index (κ2) is 5.65. The van der Waals surface area contributed by atoms with Gasteiger partial charge in [0.25, 0.3) is 0 Å². The van der Waals surface area contributed by atoms with Crippen LogP contribution < -0.4 is 4.74 Å². The van der Waals surface area contributed by atoms with Gasteiger partial charge in [-0.1, -0.05) is 41.9 Å². The first-order valence-electron chi connectivity index (χ1n) is 5.31. The number of ether oxygens (including phenoxy) is 1. The molecule has 0 amide bonds. The van der Waals surface area contributed by atoms with Gasteiger partial charge in [-0.15, -0.1) is 0 Å². The van der Waals surface area contributed by atoms with Crippen LogP contribution >= 0.6 is 11.6 Å². The summed E-state index contributed by atoms with van der Waals surface area (Å²) in [6.45, 7) is 0.219. The molecule has 0 aliphatic heterocycles. The molecule has 0 N–H and O–H groups in total. The fraction of sp³-hybridized carbons (Fsp3) is 0.0714. The van der Waals surface area contributed by atoms with E-state index in [0.717, 1.165) is 5.56 Å². The van der Waals surface area contributed by atoms with E-state index < -0.39 is 5.82 Å². The minimum Gasteiger partial charge on any atom is -0.486 e. The Morgan fingerprint density at radius 1 is 1.22 bits per heavy atom. The van der Waals surface area contributed by atoms with Crippen molar-refractivity contribution in [2.45, 2.75) is 6.61 Å². The van der Waals surface area contributed by atoms with Crippen molar-refractivity contribution in [3.8, 4) is 5.75 Å². The van der Waals surface area contributed by atoms with Crippen molar-refractivity contribution in [2.75, 3.05) is 0 Å². The van der Waals surface area contributed by atoms with Crippen molar-refractivity contribution >= 4 is 17.9 Å². The molecule has 0 radical (unpaired) electrons. The predicted octanol–water partition coefficient (Wildman–Crippen LogP) is 3.87. The molecule has 0 unspecified atom stereocenters. The highest BCUT2D eigenvalue weighted by molar-refractivity contribution is 6.31. The topological polar surface area (TPSA) is 26.3 Å². The zero-order valence-electron chi connectivity index (χ0n) is 9.40. The number of carbonyl (C=O) groups excluding carboxylic acids is 1. The number of benzene rings is 2. The number of hydrogen-bond donors (Lipinski definition) is 0. The summed E-state index contributed by atoms with van der Waals surface area (Å²) in [5.41, 5.74) is 1.19. The Kier molecular flexibility index (Phi) is 3.95. The Balaban J connectivity index is 2.19. The van der Waals surface area contributed by atoms with Crippen LogP contribution in [0.5, 0.6) is 5.75 Å². The molecule has 92 valence electrons. The lowest BCUT2D eigenvalue weighted by molar-refractivity contribution is 0.112. The molecule has 0 aliphatic rings. The maximum absolute atomic E-state index is 13.6. The van der Waals surface area contributed by atoms with Crippen LogP contribution in [0.3, 0.4) is 0 Å². The standard InChI is InChI=1S/C14H10ClFO2/c15-12-6-11(8-17)7-13(14(12)16)18-9-10-4-2-1-3-5-10/h1-8H,9H2. The smallest absolute Gasteiger partial charge is 0.183 e. The van der Waals surface area contributed by atoms with Crippen molar-refractivity contribution < 1.29 is 13.9 Å². The van der Waals surface area contributed by atoms with Gasteiger partial charge in [0.15, 0.2) is 11.6 Å². The molecule has 2 nitrogen and oxygen atoms in total. The molecule has 2 aromatic carbocycles. The van der Waals surface area contributed by atoms with Crippen LogP contribution in [-0.4, -0.2) is 6.29 Å². The summed E-state index contributed by atoms with van der Waals surface area (Å²) in [7, 11) is 0. The van der Waals surface area contributed by atoms with Gasteiger partial charge in [-0.05, 0) is 17.7 Å². The summed E-state index contributed by atoms with van der Waals surface area (Å²) >= 11 is 5.67. The van der Waals surface area contributed by atoms with E-state index in [9.17, 15) is 9.18 Å². The second-order valence-electron chi connectivity index (χ2n) is 3.71. The SMILES string of the molecule is O=Cc1cc(Cl)c(F)c(OCc2ccccc2)c1. The highest BCUT2D eigenvalue weighted by atomic mass is 35.5. The number of aldehydes is 1. The maximum Gasteiger partial charge on any atom is 0.183 e. The number of carbonyl (C=O) groups is 1. The van der Waals surface area contributed by atoms with Gasteiger partial charge < -0.3 is 4.74 Å². The van der Waals surface area contributed by atoms with Gasteiger partial charge in [0.1, 0.15) is 12.9 Å². The van der Waals surface area contributed by atoms with Crippen LogP contribution in [0.15, 0.2) is 42.5 Å². The Bertz CT molecular complexity index is 555. The lowest BCUT2D eigenvalue weighted by Crippen LogP contribution is -1.98. The molecular formula is C14H10ClFO2. The molecule has 0 saturated carbocycles. The monoisotopic (exact) mass is 264 g/mol. The van der Waals surface area contributed by atoms with E-state index in [0.29, 0.717) is 6.29 Å². The molecule has 0 spiro atoms. The van der Waals surface area contributed by atoms with Crippen molar-refractivity contribution in [3.05, 3.63) is 64.4 Å². The van der Waals surface area contributed by atoms with Gasteiger partial charge in [-0.25, -0.2) is 4.39 Å². The third-order valence-corrected chi connectivity index (χ3v) is 2.67. The van der Waals surface area contributed by atoms with Gasteiger partial charge in [0.05, 0.1) is 5.02 Å². The maximum atomic E-state index is 13.6. The second-order valence-corrected chi connectivity index (χ2v) is 4.11. The molecule has 0 bridgehead atoms. The summed E-state index contributed by atoms with van der Waals surface area (Å²) in [4.78, 5) is 10.7. The van der Waals surface area contributed by atoms with Gasteiger partial charge in [0, 0.05) is 5.56 Å². The molecule has 0 saturated heterocycles. The van der Waals surface area contributed by atoms with E-state index in [-0.39, 0.29) is 22.9 Å². The summed E-state index contributed by atoms with van der Waals surface area (Å²) in [5.74, 6) is -0.674. The van der Waals surface area contributed by atoms with Gasteiger partial charge in [0.2, 0.25) is 0 Å². The van der Waals surface area contributed by atoms with E-state index in [2.05, 4.69) is 0 Å². The van der Waals surface area contributed by atoms with Gasteiger partial charge in [-0.2, -0.15) is 0 Å². The lowest BCUT2D eigenvalue weighted by Gasteiger charge is -2.08. The molecule has 0 heterocycles. The fourth-order valence-corrected chi connectivity index (χ4v) is 1.71. The number of rotatable bonds is 4. The minimum absolute atomic E-state index is 0.0200. The first-order chi connectivity index (χ1) is 8.70. The average Bonchev–Trinajstić information content (AvgIpc) is 2.41. The van der Waals surface area contributed by atoms with Crippen molar-refractivity contribution in [1.29, 1.82) is 0 Å². The quantitative estimate of drug-likeness (QED) is 0.784. The Morgan fingerprint density at radius 2 is 1.94 bits per heavy atom. The summed E-state index contributed by atoms with van der Waals surface area (Å²) in [5, 5.41) is -0.123. The zero-order chi connectivity index (χ0) is 13.0. The highest BCUT2D eigenvalue weighted by Crippen LogP contribution is 2.26. The third-order valence-electron chi connectivity index (χ3n) is 2.39. The summed E-state index contributed by atoms with van der Waals surface area (Å²) < 4.78 is 19.0. The zero-order valence-corrected chi connectivity index (χ0v) is 10.2. The van der Waals surface area contributed by atoms with Crippen LogP contribution in [0.2, 0.25) is 5.02 Å². The van der Waals surface area contributed by atoms with Crippen molar-refractivity contribution in [1.82, 2.24) is 0 Å². The molecule has 0 fully saturated rings. The Hall–Kier alpha value is -1.87. The minimum atomic E-state index is -0.654. The van der Waals surface area contributed by atoms with Crippen LogP contribution in [0.1, 0.15) is 15.9 Å². The number of hydrogen-bond acceptors (Lipinski definition) is 2. The van der Waals surface area contributed by atoms with Crippen molar-refractivity contribution in [3.63, 3.8) is 0 Å². The summed E-state index contributed by atoms with van der Waals surface area (Å²) in [6, 6.07) is 11.9. The molecule has 0 atom stereocenters. The molecule has 0 aromatic heterocycles.